The lowest BCUT2D eigenvalue weighted by molar-refractivity contribution is -0.144. The molecule has 1 aliphatic carbocycles. The highest BCUT2D eigenvalue weighted by Gasteiger charge is 2.48. The molecule has 2 unspecified atom stereocenters. The number of carboxylic acid groups (broad SMARTS) is 2. The summed E-state index contributed by atoms with van der Waals surface area (Å²) in [5, 5.41) is 16.4. The topological polar surface area (TPSA) is 74.6 Å². The molecule has 0 aromatic rings. The van der Waals surface area contributed by atoms with E-state index in [4.69, 9.17) is 10.2 Å². The van der Waals surface area contributed by atoms with Crippen LogP contribution in [0.25, 0.3) is 0 Å². The largest absolute Gasteiger partial charge is 0.481 e. The summed E-state index contributed by atoms with van der Waals surface area (Å²) in [6, 6.07) is 0. The van der Waals surface area contributed by atoms with Crippen LogP contribution in [-0.2, 0) is 9.59 Å². The van der Waals surface area contributed by atoms with Crippen LogP contribution in [-0.4, -0.2) is 22.2 Å². The fourth-order valence-electron chi connectivity index (χ4n) is 0.741. The van der Waals surface area contributed by atoms with E-state index in [-0.39, 0.29) is 17.0 Å². The molecule has 58 valence electrons. The first-order valence-corrected chi connectivity index (χ1v) is 2.58. The monoisotopic (exact) mass is 210 g/mol. The summed E-state index contributed by atoms with van der Waals surface area (Å²) in [6.07, 6.45) is 0.296. The Balaban J connectivity index is 0.000000810. The van der Waals surface area contributed by atoms with Crippen molar-refractivity contribution in [3.05, 3.63) is 0 Å². The van der Waals surface area contributed by atoms with E-state index in [0.717, 1.165) is 0 Å². The van der Waals surface area contributed by atoms with Crippen LogP contribution in [0.15, 0.2) is 0 Å². The zero-order chi connectivity index (χ0) is 7.02. The van der Waals surface area contributed by atoms with Crippen molar-refractivity contribution in [3.63, 3.8) is 0 Å². The van der Waals surface area contributed by atoms with E-state index in [1.807, 2.05) is 0 Å². The molecule has 0 aromatic heterocycles. The fourth-order valence-corrected chi connectivity index (χ4v) is 0.741. The van der Waals surface area contributed by atoms with Gasteiger partial charge in [0.2, 0.25) is 0 Å². The molecule has 10 heavy (non-hydrogen) atoms. The second kappa shape index (κ2) is 3.01. The molecule has 1 fully saturated rings. The predicted molar refractivity (Wildman–Crippen MR) is 37.2 cm³/mol. The van der Waals surface area contributed by atoms with Gasteiger partial charge in [-0.2, -0.15) is 0 Å². The maximum absolute atomic E-state index is 10.0. The lowest BCUT2D eigenvalue weighted by atomic mass is 10.3. The molecule has 2 atom stereocenters. The van der Waals surface area contributed by atoms with E-state index < -0.39 is 23.8 Å². The average Bonchev–Trinajstić information content (AvgIpc) is 2.39. The van der Waals surface area contributed by atoms with Gasteiger partial charge in [-0.05, 0) is 6.42 Å². The molecule has 0 aliphatic heterocycles. The standard InChI is InChI=1S/C5H6O4.BrH/c6-4(7)2-1-3(2)5(8)9;/h2-3H,1H2,(H,6,7)(H,8,9);1H. The number of hydrogen-bond donors (Lipinski definition) is 2. The molecule has 4 nitrogen and oxygen atoms in total. The van der Waals surface area contributed by atoms with Crippen LogP contribution >= 0.6 is 17.0 Å². The normalized spacial score (nSPS) is 28.4. The number of aliphatic carboxylic acids is 2. The van der Waals surface area contributed by atoms with Crippen LogP contribution in [0.2, 0.25) is 0 Å². The first-order valence-electron chi connectivity index (χ1n) is 2.58. The highest BCUT2D eigenvalue weighted by molar-refractivity contribution is 8.93. The molecule has 1 aliphatic rings. The lowest BCUT2D eigenvalue weighted by Gasteiger charge is -1.84. The number of carbonyl (C=O) groups is 2. The summed E-state index contributed by atoms with van der Waals surface area (Å²) >= 11 is 0. The highest BCUT2D eigenvalue weighted by Crippen LogP contribution is 2.38. The van der Waals surface area contributed by atoms with Crippen LogP contribution in [0, 0.1) is 11.8 Å². The molecule has 0 amide bonds. The van der Waals surface area contributed by atoms with E-state index in [1.165, 1.54) is 0 Å². The SMILES string of the molecule is Br.O=C(O)C1CC1C(=O)O. The molecular weight excluding hydrogens is 204 g/mol. The zero-order valence-corrected chi connectivity index (χ0v) is 6.69. The van der Waals surface area contributed by atoms with Crippen molar-refractivity contribution in [1.82, 2.24) is 0 Å². The Morgan fingerprint density at radius 2 is 1.40 bits per heavy atom. The maximum Gasteiger partial charge on any atom is 0.307 e. The van der Waals surface area contributed by atoms with Crippen LogP contribution < -0.4 is 0 Å². The second-order valence-electron chi connectivity index (χ2n) is 2.13. The average molecular weight is 211 g/mol. The van der Waals surface area contributed by atoms with Gasteiger partial charge in [-0.15, -0.1) is 17.0 Å². The van der Waals surface area contributed by atoms with Gasteiger partial charge in [-0.3, -0.25) is 9.59 Å². The first-order chi connectivity index (χ1) is 4.13. The molecule has 0 saturated heterocycles. The highest BCUT2D eigenvalue weighted by atomic mass is 79.9. The van der Waals surface area contributed by atoms with E-state index in [0.29, 0.717) is 6.42 Å². The van der Waals surface area contributed by atoms with E-state index in [1.54, 1.807) is 0 Å². The maximum atomic E-state index is 10.0. The van der Waals surface area contributed by atoms with Gasteiger partial charge in [0.1, 0.15) is 0 Å². The molecule has 0 spiro atoms. The summed E-state index contributed by atoms with van der Waals surface area (Å²) < 4.78 is 0. The van der Waals surface area contributed by atoms with Crippen LogP contribution in [0.3, 0.4) is 0 Å². The molecule has 0 bridgehead atoms. The Hall–Kier alpha value is -0.580. The third-order valence-corrected chi connectivity index (χ3v) is 1.42. The summed E-state index contributed by atoms with van der Waals surface area (Å²) in [5.74, 6) is -3.24. The summed E-state index contributed by atoms with van der Waals surface area (Å²) in [5.41, 5.74) is 0. The van der Waals surface area contributed by atoms with Gasteiger partial charge in [0.15, 0.2) is 0 Å². The zero-order valence-electron chi connectivity index (χ0n) is 4.98. The molecule has 0 aromatic carbocycles. The number of halogens is 1. The summed E-state index contributed by atoms with van der Waals surface area (Å²) in [6.45, 7) is 0. The van der Waals surface area contributed by atoms with Gasteiger partial charge in [0.05, 0.1) is 11.8 Å². The van der Waals surface area contributed by atoms with E-state index >= 15 is 0 Å². The Kier molecular flexibility index (Phi) is 2.83. The molecule has 0 heterocycles. The minimum absolute atomic E-state index is 0. The molecule has 2 N–H and O–H groups in total. The molecule has 5 heteroatoms. The fraction of sp³-hybridized carbons (Fsp3) is 0.600. The van der Waals surface area contributed by atoms with Crippen molar-refractivity contribution in [1.29, 1.82) is 0 Å². The minimum Gasteiger partial charge on any atom is -0.481 e. The first kappa shape index (κ1) is 9.42. The van der Waals surface area contributed by atoms with Gasteiger partial charge in [0, 0.05) is 0 Å². The van der Waals surface area contributed by atoms with Crippen LogP contribution in [0.5, 0.6) is 0 Å². The smallest absolute Gasteiger partial charge is 0.307 e. The Morgan fingerprint density at radius 1 is 1.10 bits per heavy atom. The van der Waals surface area contributed by atoms with Gasteiger partial charge >= 0.3 is 11.9 Å². The molecule has 1 rings (SSSR count). The second-order valence-corrected chi connectivity index (χ2v) is 2.13. The Labute approximate surface area is 67.6 Å². The van der Waals surface area contributed by atoms with Crippen molar-refractivity contribution >= 4 is 28.9 Å². The number of rotatable bonds is 2. The van der Waals surface area contributed by atoms with Crippen molar-refractivity contribution in [2.75, 3.05) is 0 Å². The Bertz CT molecular complexity index is 149. The van der Waals surface area contributed by atoms with Gasteiger partial charge in [0.25, 0.3) is 0 Å². The summed E-state index contributed by atoms with van der Waals surface area (Å²) in [7, 11) is 0. The van der Waals surface area contributed by atoms with Crippen LogP contribution in [0.1, 0.15) is 6.42 Å². The van der Waals surface area contributed by atoms with Gasteiger partial charge < -0.3 is 10.2 Å². The van der Waals surface area contributed by atoms with Crippen molar-refractivity contribution in [2.24, 2.45) is 11.8 Å². The van der Waals surface area contributed by atoms with Gasteiger partial charge in [-0.1, -0.05) is 0 Å². The van der Waals surface area contributed by atoms with Crippen LogP contribution in [0.4, 0.5) is 0 Å². The lowest BCUT2D eigenvalue weighted by Crippen LogP contribution is -2.05. The van der Waals surface area contributed by atoms with Crippen molar-refractivity contribution in [2.45, 2.75) is 6.42 Å². The molecule has 0 radical (unpaired) electrons. The number of carboxylic acids is 2. The third-order valence-electron chi connectivity index (χ3n) is 1.42. The third kappa shape index (κ3) is 1.70. The minimum atomic E-state index is -0.998. The summed E-state index contributed by atoms with van der Waals surface area (Å²) in [4.78, 5) is 20.0. The Morgan fingerprint density at radius 3 is 1.50 bits per heavy atom. The number of hydrogen-bond acceptors (Lipinski definition) is 2. The quantitative estimate of drug-likeness (QED) is 0.691. The molecule has 1 saturated carbocycles. The predicted octanol–water partition coefficient (Wildman–Crippen LogP) is 0.370. The van der Waals surface area contributed by atoms with Crippen molar-refractivity contribution < 1.29 is 19.8 Å². The van der Waals surface area contributed by atoms with E-state index in [2.05, 4.69) is 0 Å². The van der Waals surface area contributed by atoms with Gasteiger partial charge in [-0.25, -0.2) is 0 Å². The molecular formula is C5H7BrO4. The van der Waals surface area contributed by atoms with E-state index in [9.17, 15) is 9.59 Å². The van der Waals surface area contributed by atoms with Crippen molar-refractivity contribution in [3.8, 4) is 0 Å².